The van der Waals surface area contributed by atoms with Crippen LogP contribution in [-0.2, 0) is 10.0 Å². The van der Waals surface area contributed by atoms with Gasteiger partial charge in [0.15, 0.2) is 0 Å². The van der Waals surface area contributed by atoms with Gasteiger partial charge in [0, 0.05) is 18.1 Å². The molecule has 6 nitrogen and oxygen atoms in total. The van der Waals surface area contributed by atoms with Gasteiger partial charge >= 0.3 is 0 Å². The lowest BCUT2D eigenvalue weighted by molar-refractivity contribution is 0.103. The lowest BCUT2D eigenvalue weighted by Gasteiger charge is -2.19. The van der Waals surface area contributed by atoms with Gasteiger partial charge in [0.05, 0.1) is 27.1 Å². The number of hydrogen-bond donors (Lipinski definition) is 1. The van der Waals surface area contributed by atoms with E-state index >= 15 is 0 Å². The van der Waals surface area contributed by atoms with Crippen molar-refractivity contribution in [2.45, 2.75) is 11.8 Å². The number of carbonyl (C=O) groups excluding carboxylic acids is 1. The van der Waals surface area contributed by atoms with Crippen LogP contribution in [0.1, 0.15) is 20.8 Å². The fourth-order valence-electron chi connectivity index (χ4n) is 2.51. The molecule has 1 heterocycles. The fourth-order valence-corrected chi connectivity index (χ4v) is 4.86. The van der Waals surface area contributed by atoms with Crippen molar-refractivity contribution in [3.8, 4) is 6.07 Å². The van der Waals surface area contributed by atoms with Crippen molar-refractivity contribution in [1.82, 2.24) is 0 Å². The Labute approximate surface area is 167 Å². The fraction of sp³-hybridized carbons (Fsp3) is 0.100. The number of nitriles is 1. The highest BCUT2D eigenvalue weighted by molar-refractivity contribution is 7.93. The van der Waals surface area contributed by atoms with Crippen LogP contribution in [0.15, 0.2) is 64.9 Å². The van der Waals surface area contributed by atoms with Crippen molar-refractivity contribution in [1.29, 1.82) is 5.26 Å². The van der Waals surface area contributed by atoms with Gasteiger partial charge in [-0.25, -0.2) is 8.42 Å². The number of aryl methyl sites for hydroxylation is 1. The number of anilines is 2. The molecule has 0 aliphatic rings. The lowest BCUT2D eigenvalue weighted by Crippen LogP contribution is -2.26. The normalized spacial score (nSPS) is 10.9. The monoisotopic (exact) mass is 411 g/mol. The number of sulfonamides is 1. The third-order valence-corrected chi connectivity index (χ3v) is 6.94. The van der Waals surface area contributed by atoms with Gasteiger partial charge in [0.2, 0.25) is 0 Å². The maximum atomic E-state index is 12.9. The molecule has 28 heavy (non-hydrogen) atoms. The van der Waals surface area contributed by atoms with Gasteiger partial charge in [-0.1, -0.05) is 12.1 Å². The second-order valence-corrected chi connectivity index (χ2v) is 8.98. The first-order valence-corrected chi connectivity index (χ1v) is 10.6. The molecule has 0 aliphatic heterocycles. The van der Waals surface area contributed by atoms with E-state index in [1.165, 1.54) is 22.8 Å². The molecule has 3 aromatic rings. The summed E-state index contributed by atoms with van der Waals surface area (Å²) in [7, 11) is -2.29. The summed E-state index contributed by atoms with van der Waals surface area (Å²) in [6.45, 7) is 1.89. The van der Waals surface area contributed by atoms with Crippen LogP contribution in [-0.4, -0.2) is 21.4 Å². The van der Waals surface area contributed by atoms with Crippen LogP contribution in [0.2, 0.25) is 0 Å². The van der Waals surface area contributed by atoms with Gasteiger partial charge in [-0.2, -0.15) is 5.26 Å². The molecule has 0 radical (unpaired) electrons. The summed E-state index contributed by atoms with van der Waals surface area (Å²) in [6, 6.07) is 17.0. The minimum atomic E-state index is -3.78. The molecule has 0 spiro atoms. The van der Waals surface area contributed by atoms with Gasteiger partial charge in [-0.15, -0.1) is 11.3 Å². The molecule has 0 fully saturated rings. The average molecular weight is 412 g/mol. The van der Waals surface area contributed by atoms with Crippen molar-refractivity contribution < 1.29 is 13.2 Å². The first-order chi connectivity index (χ1) is 13.3. The highest BCUT2D eigenvalue weighted by Gasteiger charge is 2.24. The Balaban J connectivity index is 1.80. The van der Waals surface area contributed by atoms with Crippen molar-refractivity contribution >= 4 is 38.6 Å². The second kappa shape index (κ2) is 7.84. The lowest BCUT2D eigenvalue weighted by atomic mass is 10.2. The van der Waals surface area contributed by atoms with Gasteiger partial charge in [-0.05, 0) is 55.0 Å². The summed E-state index contributed by atoms with van der Waals surface area (Å²) in [5, 5.41) is 13.0. The van der Waals surface area contributed by atoms with E-state index in [0.717, 1.165) is 16.9 Å². The molecular formula is C20H17N3O3S2. The van der Waals surface area contributed by atoms with Gasteiger partial charge in [0.25, 0.3) is 15.9 Å². The molecule has 0 atom stereocenters. The van der Waals surface area contributed by atoms with Crippen molar-refractivity contribution in [2.24, 2.45) is 0 Å². The van der Waals surface area contributed by atoms with Crippen LogP contribution in [0, 0.1) is 18.3 Å². The second-order valence-electron chi connectivity index (χ2n) is 6.10. The highest BCUT2D eigenvalue weighted by atomic mass is 32.2. The Bertz CT molecular complexity index is 1160. The molecule has 0 bridgehead atoms. The third-order valence-electron chi connectivity index (χ3n) is 4.09. The predicted octanol–water partition coefficient (Wildman–Crippen LogP) is 4.01. The molecule has 142 valence electrons. The van der Waals surface area contributed by atoms with E-state index < -0.39 is 15.9 Å². The molecule has 1 aromatic heterocycles. The largest absolute Gasteiger partial charge is 0.321 e. The number of carbonyl (C=O) groups is 1. The predicted molar refractivity (Wildman–Crippen MR) is 110 cm³/mol. The van der Waals surface area contributed by atoms with Crippen LogP contribution in [0.3, 0.4) is 0 Å². The first-order valence-electron chi connectivity index (χ1n) is 8.27. The van der Waals surface area contributed by atoms with E-state index in [9.17, 15) is 13.2 Å². The zero-order valence-electron chi connectivity index (χ0n) is 15.2. The summed E-state index contributed by atoms with van der Waals surface area (Å²) < 4.78 is 27.0. The topological polar surface area (TPSA) is 90.3 Å². The summed E-state index contributed by atoms with van der Waals surface area (Å²) in [4.78, 5) is 12.8. The van der Waals surface area contributed by atoms with Crippen LogP contribution in [0.4, 0.5) is 11.4 Å². The molecule has 1 amide bonds. The van der Waals surface area contributed by atoms with Gasteiger partial charge in [0.1, 0.15) is 0 Å². The number of rotatable bonds is 5. The smallest absolute Gasteiger partial charge is 0.265 e. The Hall–Kier alpha value is -3.15. The Morgan fingerprint density at radius 1 is 1.14 bits per heavy atom. The molecule has 0 unspecified atom stereocenters. The minimum Gasteiger partial charge on any atom is -0.321 e. The zero-order chi connectivity index (χ0) is 20.3. The number of nitrogens with one attached hydrogen (secondary N) is 1. The Morgan fingerprint density at radius 3 is 2.50 bits per heavy atom. The minimum absolute atomic E-state index is 0.0616. The molecule has 8 heteroatoms. The van der Waals surface area contributed by atoms with Crippen LogP contribution in [0.5, 0.6) is 0 Å². The van der Waals surface area contributed by atoms with Crippen LogP contribution < -0.4 is 9.62 Å². The van der Waals surface area contributed by atoms with E-state index in [1.54, 1.807) is 42.5 Å². The standard InChI is InChI=1S/C20H17N3O3S2/c1-14-4-3-5-17(10-14)23(2)28(25,26)18-11-19(27-13-18)20(24)22-16-8-6-15(12-21)7-9-16/h3-11,13H,1-2H3,(H,22,24). The molecular weight excluding hydrogens is 394 g/mol. The Kier molecular flexibility index (Phi) is 5.49. The average Bonchev–Trinajstić information content (AvgIpc) is 3.19. The summed E-state index contributed by atoms with van der Waals surface area (Å²) >= 11 is 1.06. The van der Waals surface area contributed by atoms with E-state index in [2.05, 4.69) is 5.32 Å². The summed E-state index contributed by atoms with van der Waals surface area (Å²) in [6.07, 6.45) is 0. The van der Waals surface area contributed by atoms with Gasteiger partial charge < -0.3 is 5.32 Å². The van der Waals surface area contributed by atoms with E-state index in [0.29, 0.717) is 16.9 Å². The van der Waals surface area contributed by atoms with Crippen molar-refractivity contribution in [2.75, 3.05) is 16.7 Å². The number of benzene rings is 2. The summed E-state index contributed by atoms with van der Waals surface area (Å²) in [5.74, 6) is -0.408. The maximum absolute atomic E-state index is 12.9. The van der Waals surface area contributed by atoms with E-state index in [4.69, 9.17) is 5.26 Å². The van der Waals surface area contributed by atoms with E-state index in [1.807, 2.05) is 19.1 Å². The molecule has 2 aromatic carbocycles. The molecule has 0 saturated carbocycles. The van der Waals surface area contributed by atoms with Gasteiger partial charge in [-0.3, -0.25) is 9.10 Å². The quantitative estimate of drug-likeness (QED) is 0.687. The number of nitrogens with zero attached hydrogens (tertiary/aromatic N) is 2. The van der Waals surface area contributed by atoms with Crippen molar-refractivity contribution in [3.05, 3.63) is 76.0 Å². The number of hydrogen-bond acceptors (Lipinski definition) is 5. The van der Waals surface area contributed by atoms with Crippen LogP contribution >= 0.6 is 11.3 Å². The highest BCUT2D eigenvalue weighted by Crippen LogP contribution is 2.27. The molecule has 1 N–H and O–H groups in total. The third kappa shape index (κ3) is 4.06. The molecule has 0 saturated heterocycles. The van der Waals surface area contributed by atoms with E-state index in [-0.39, 0.29) is 9.77 Å². The van der Waals surface area contributed by atoms with Crippen molar-refractivity contribution in [3.63, 3.8) is 0 Å². The van der Waals surface area contributed by atoms with Crippen LogP contribution in [0.25, 0.3) is 0 Å². The maximum Gasteiger partial charge on any atom is 0.265 e. The molecule has 0 aliphatic carbocycles. The number of amides is 1. The SMILES string of the molecule is Cc1cccc(N(C)S(=O)(=O)c2csc(C(=O)Nc3ccc(C#N)cc3)c2)c1. The first kappa shape index (κ1) is 19.6. The molecule has 3 rings (SSSR count). The summed E-state index contributed by atoms with van der Waals surface area (Å²) in [5.41, 5.74) is 2.52. The number of thiophene rings is 1. The Morgan fingerprint density at radius 2 is 1.86 bits per heavy atom. The zero-order valence-corrected chi connectivity index (χ0v) is 16.8.